The van der Waals surface area contributed by atoms with Gasteiger partial charge >= 0.3 is 0 Å². The molecule has 0 aliphatic carbocycles. The van der Waals surface area contributed by atoms with Gasteiger partial charge in [0.2, 0.25) is 0 Å². The summed E-state index contributed by atoms with van der Waals surface area (Å²) in [6.07, 6.45) is 2.50. The van der Waals surface area contributed by atoms with E-state index in [-0.39, 0.29) is 12.4 Å². The first-order chi connectivity index (χ1) is 11.8. The predicted molar refractivity (Wildman–Crippen MR) is 92.6 cm³/mol. The van der Waals surface area contributed by atoms with E-state index in [4.69, 9.17) is 5.11 Å². The highest BCUT2D eigenvalue weighted by molar-refractivity contribution is 5.88. The minimum atomic E-state index is -0.277. The lowest BCUT2D eigenvalue weighted by Crippen LogP contribution is -2.47. The molecule has 1 aliphatic rings. The molecule has 0 saturated carbocycles. The van der Waals surface area contributed by atoms with Gasteiger partial charge in [0.25, 0.3) is 0 Å². The van der Waals surface area contributed by atoms with Crippen LogP contribution >= 0.6 is 0 Å². The van der Waals surface area contributed by atoms with Crippen molar-refractivity contribution in [2.24, 2.45) is 0 Å². The highest BCUT2D eigenvalue weighted by Crippen LogP contribution is 2.19. The number of halogens is 1. The van der Waals surface area contributed by atoms with Crippen LogP contribution in [0.4, 0.5) is 10.2 Å². The quantitative estimate of drug-likeness (QED) is 0.742. The van der Waals surface area contributed by atoms with Crippen molar-refractivity contribution in [3.63, 3.8) is 0 Å². The number of rotatable bonds is 7. The lowest BCUT2D eigenvalue weighted by molar-refractivity contribution is 0.112. The van der Waals surface area contributed by atoms with E-state index in [1.165, 1.54) is 18.5 Å². The fourth-order valence-electron chi connectivity index (χ4n) is 3.06. The highest BCUT2D eigenvalue weighted by Gasteiger charge is 2.15. The van der Waals surface area contributed by atoms with Crippen molar-refractivity contribution >= 4 is 16.7 Å². The van der Waals surface area contributed by atoms with Crippen LogP contribution in [-0.4, -0.2) is 77.3 Å². The Morgan fingerprint density at radius 3 is 2.58 bits per heavy atom. The monoisotopic (exact) mass is 333 g/mol. The molecule has 0 amide bonds. The maximum Gasteiger partial charge on any atom is 0.137 e. The molecule has 0 bridgehead atoms. The largest absolute Gasteiger partial charge is 0.395 e. The van der Waals surface area contributed by atoms with Crippen LogP contribution in [-0.2, 0) is 0 Å². The molecule has 2 aromatic rings. The van der Waals surface area contributed by atoms with Gasteiger partial charge in [0.1, 0.15) is 18.0 Å². The summed E-state index contributed by atoms with van der Waals surface area (Å²) in [5, 5.41) is 13.0. The SMILES string of the molecule is OCCN1CCN(CCCNc2ncnc3ccc(F)cc23)CC1. The Bertz CT molecular complexity index is 660. The highest BCUT2D eigenvalue weighted by atomic mass is 19.1. The fraction of sp³-hybridized carbons (Fsp3) is 0.529. The number of fused-ring (bicyclic) bond motifs is 1. The van der Waals surface area contributed by atoms with Gasteiger partial charge in [-0.05, 0) is 31.2 Å². The first kappa shape index (κ1) is 17.0. The minimum absolute atomic E-state index is 0.234. The maximum absolute atomic E-state index is 13.4. The normalized spacial score (nSPS) is 16.6. The molecule has 1 aromatic carbocycles. The Kier molecular flexibility index (Phi) is 5.90. The van der Waals surface area contributed by atoms with Crippen LogP contribution in [0.3, 0.4) is 0 Å². The van der Waals surface area contributed by atoms with E-state index in [2.05, 4.69) is 25.1 Å². The summed E-state index contributed by atoms with van der Waals surface area (Å²) in [4.78, 5) is 13.1. The number of hydrogen-bond donors (Lipinski definition) is 2. The number of benzene rings is 1. The molecule has 0 atom stereocenters. The summed E-state index contributed by atoms with van der Waals surface area (Å²) in [5.74, 6) is 0.411. The van der Waals surface area contributed by atoms with Gasteiger partial charge in [-0.25, -0.2) is 14.4 Å². The second-order valence-corrected chi connectivity index (χ2v) is 6.07. The standard InChI is InChI=1S/C17H24FN5O/c18-14-2-3-16-15(12-14)17(21-13-20-16)19-4-1-5-22-6-8-23(9-7-22)10-11-24/h2-3,12-13,24H,1,4-11H2,(H,19,20,21). The van der Waals surface area contributed by atoms with Gasteiger partial charge in [-0.15, -0.1) is 0 Å². The van der Waals surface area contributed by atoms with Crippen LogP contribution in [0.2, 0.25) is 0 Å². The summed E-state index contributed by atoms with van der Waals surface area (Å²) < 4.78 is 13.4. The number of β-amino-alcohol motifs (C(OH)–C–C–N with tert-alkyl or cyclic N) is 1. The summed E-state index contributed by atoms with van der Waals surface area (Å²) in [5.41, 5.74) is 0.744. The first-order valence-corrected chi connectivity index (χ1v) is 8.46. The van der Waals surface area contributed by atoms with Crippen molar-refractivity contribution in [2.45, 2.75) is 6.42 Å². The molecule has 7 heteroatoms. The van der Waals surface area contributed by atoms with E-state index in [0.717, 1.165) is 63.1 Å². The summed E-state index contributed by atoms with van der Waals surface area (Å²) in [6, 6.07) is 4.55. The average Bonchev–Trinajstić information content (AvgIpc) is 2.60. The molecule has 24 heavy (non-hydrogen) atoms. The van der Waals surface area contributed by atoms with Crippen molar-refractivity contribution in [1.82, 2.24) is 19.8 Å². The lowest BCUT2D eigenvalue weighted by Gasteiger charge is -2.34. The van der Waals surface area contributed by atoms with E-state index in [9.17, 15) is 4.39 Å². The summed E-state index contributed by atoms with van der Waals surface area (Å²) in [7, 11) is 0. The molecular formula is C17H24FN5O. The summed E-state index contributed by atoms with van der Waals surface area (Å²) in [6.45, 7) is 6.94. The number of nitrogens with one attached hydrogen (secondary N) is 1. The van der Waals surface area contributed by atoms with Crippen LogP contribution < -0.4 is 5.32 Å². The van der Waals surface area contributed by atoms with Gasteiger partial charge in [0.15, 0.2) is 0 Å². The third-order valence-corrected chi connectivity index (χ3v) is 4.42. The molecule has 130 valence electrons. The smallest absolute Gasteiger partial charge is 0.137 e. The van der Waals surface area contributed by atoms with Crippen LogP contribution in [0, 0.1) is 5.82 Å². The van der Waals surface area contributed by atoms with Crippen LogP contribution in [0.25, 0.3) is 10.9 Å². The maximum atomic E-state index is 13.4. The van der Waals surface area contributed by atoms with Gasteiger partial charge in [0, 0.05) is 44.7 Å². The molecule has 6 nitrogen and oxygen atoms in total. The van der Waals surface area contributed by atoms with Gasteiger partial charge in [-0.2, -0.15) is 0 Å². The van der Waals surface area contributed by atoms with Gasteiger partial charge in [-0.1, -0.05) is 0 Å². The fourth-order valence-corrected chi connectivity index (χ4v) is 3.06. The second kappa shape index (κ2) is 8.32. The molecule has 1 fully saturated rings. The number of piperazine rings is 1. The number of aliphatic hydroxyl groups excluding tert-OH is 1. The van der Waals surface area contributed by atoms with Crippen LogP contribution in [0.15, 0.2) is 24.5 Å². The van der Waals surface area contributed by atoms with Crippen molar-refractivity contribution in [3.8, 4) is 0 Å². The third-order valence-electron chi connectivity index (χ3n) is 4.42. The van der Waals surface area contributed by atoms with Crippen molar-refractivity contribution < 1.29 is 9.50 Å². The van der Waals surface area contributed by atoms with Crippen LogP contribution in [0.1, 0.15) is 6.42 Å². The van der Waals surface area contributed by atoms with E-state index < -0.39 is 0 Å². The summed E-state index contributed by atoms with van der Waals surface area (Å²) >= 11 is 0. The molecule has 3 rings (SSSR count). The third kappa shape index (κ3) is 4.37. The minimum Gasteiger partial charge on any atom is -0.395 e. The molecular weight excluding hydrogens is 309 g/mol. The van der Waals surface area contributed by atoms with E-state index in [0.29, 0.717) is 5.82 Å². The Morgan fingerprint density at radius 1 is 1.08 bits per heavy atom. The average molecular weight is 333 g/mol. The first-order valence-electron chi connectivity index (χ1n) is 8.46. The number of hydrogen-bond acceptors (Lipinski definition) is 6. The Balaban J connectivity index is 1.45. The van der Waals surface area contributed by atoms with Crippen LogP contribution in [0.5, 0.6) is 0 Å². The molecule has 0 unspecified atom stereocenters. The molecule has 1 aromatic heterocycles. The Hall–Kier alpha value is -1.83. The molecule has 1 aliphatic heterocycles. The number of anilines is 1. The van der Waals surface area contributed by atoms with Gasteiger partial charge in [-0.3, -0.25) is 4.90 Å². The molecule has 2 N–H and O–H groups in total. The van der Waals surface area contributed by atoms with Gasteiger partial charge < -0.3 is 15.3 Å². The zero-order valence-corrected chi connectivity index (χ0v) is 13.8. The van der Waals surface area contributed by atoms with Gasteiger partial charge in [0.05, 0.1) is 12.1 Å². The van der Waals surface area contributed by atoms with E-state index >= 15 is 0 Å². The van der Waals surface area contributed by atoms with E-state index in [1.807, 2.05) is 0 Å². The van der Waals surface area contributed by atoms with Crippen molar-refractivity contribution in [2.75, 3.05) is 57.7 Å². The molecule has 2 heterocycles. The zero-order chi connectivity index (χ0) is 16.8. The van der Waals surface area contributed by atoms with Crippen molar-refractivity contribution in [3.05, 3.63) is 30.3 Å². The lowest BCUT2D eigenvalue weighted by atomic mass is 10.2. The molecule has 0 radical (unpaired) electrons. The predicted octanol–water partition coefficient (Wildman–Crippen LogP) is 1.18. The van der Waals surface area contributed by atoms with E-state index in [1.54, 1.807) is 6.07 Å². The Labute approximate surface area is 141 Å². The number of aliphatic hydroxyl groups is 1. The molecule has 0 spiro atoms. The van der Waals surface area contributed by atoms with Crippen molar-refractivity contribution in [1.29, 1.82) is 0 Å². The molecule has 1 saturated heterocycles. The second-order valence-electron chi connectivity index (χ2n) is 6.07. The number of nitrogens with zero attached hydrogens (tertiary/aromatic N) is 4. The number of aromatic nitrogens is 2. The topological polar surface area (TPSA) is 64.5 Å². The Morgan fingerprint density at radius 2 is 1.83 bits per heavy atom. The zero-order valence-electron chi connectivity index (χ0n) is 13.8.